The highest BCUT2D eigenvalue weighted by molar-refractivity contribution is 5.94. The number of nitrogen functional groups attached to an aromatic ring is 1. The minimum absolute atomic E-state index is 0.191. The minimum Gasteiger partial charge on any atom is -0.481 e. The van der Waals surface area contributed by atoms with Crippen LogP contribution in [0.4, 0.5) is 11.4 Å². The topological polar surface area (TPSA) is 64.3 Å². The second-order valence-corrected chi connectivity index (χ2v) is 5.14. The van der Waals surface area contributed by atoms with Gasteiger partial charge < -0.3 is 15.8 Å². The first-order chi connectivity index (χ1) is 9.95. The summed E-state index contributed by atoms with van der Waals surface area (Å²) in [7, 11) is 0. The van der Waals surface area contributed by atoms with Crippen molar-refractivity contribution < 1.29 is 9.53 Å². The van der Waals surface area contributed by atoms with Gasteiger partial charge in [0.15, 0.2) is 6.10 Å². The summed E-state index contributed by atoms with van der Waals surface area (Å²) >= 11 is 0. The summed E-state index contributed by atoms with van der Waals surface area (Å²) in [6.07, 6.45) is -0.579. The fraction of sp³-hybridized carbons (Fsp3) is 0.235. The Morgan fingerprint density at radius 1 is 1.14 bits per heavy atom. The largest absolute Gasteiger partial charge is 0.481 e. The van der Waals surface area contributed by atoms with E-state index in [1.54, 1.807) is 19.1 Å². The van der Waals surface area contributed by atoms with Gasteiger partial charge in [-0.1, -0.05) is 17.7 Å². The Morgan fingerprint density at radius 2 is 1.81 bits per heavy atom. The van der Waals surface area contributed by atoms with Crippen molar-refractivity contribution in [3.8, 4) is 5.75 Å². The first kappa shape index (κ1) is 14.9. The van der Waals surface area contributed by atoms with Gasteiger partial charge in [-0.25, -0.2) is 0 Å². The Balaban J connectivity index is 2.00. The van der Waals surface area contributed by atoms with Crippen LogP contribution in [0, 0.1) is 13.8 Å². The van der Waals surface area contributed by atoms with E-state index in [1.165, 1.54) is 0 Å². The van der Waals surface area contributed by atoms with Gasteiger partial charge in [-0.15, -0.1) is 0 Å². The van der Waals surface area contributed by atoms with Crippen molar-refractivity contribution in [3.63, 3.8) is 0 Å². The van der Waals surface area contributed by atoms with E-state index in [1.807, 2.05) is 44.2 Å². The predicted molar refractivity (Wildman–Crippen MR) is 85.5 cm³/mol. The van der Waals surface area contributed by atoms with Gasteiger partial charge in [-0.2, -0.15) is 0 Å². The van der Waals surface area contributed by atoms with Crippen LogP contribution in [0.5, 0.6) is 5.75 Å². The number of hydrogen-bond acceptors (Lipinski definition) is 3. The monoisotopic (exact) mass is 284 g/mol. The lowest BCUT2D eigenvalue weighted by molar-refractivity contribution is -0.122. The van der Waals surface area contributed by atoms with Crippen LogP contribution in [0.15, 0.2) is 42.5 Å². The van der Waals surface area contributed by atoms with E-state index in [0.29, 0.717) is 11.4 Å². The molecule has 0 bridgehead atoms. The van der Waals surface area contributed by atoms with E-state index < -0.39 is 6.10 Å². The maximum Gasteiger partial charge on any atom is 0.265 e. The summed E-state index contributed by atoms with van der Waals surface area (Å²) in [5.74, 6) is 0.487. The number of nitrogens with two attached hydrogens (primary N) is 1. The molecule has 110 valence electrons. The number of hydrogen-bond donors (Lipinski definition) is 2. The Bertz CT molecular complexity index is 636. The third-order valence-corrected chi connectivity index (χ3v) is 3.21. The summed E-state index contributed by atoms with van der Waals surface area (Å²) in [4.78, 5) is 12.2. The molecule has 1 amide bonds. The van der Waals surface area contributed by atoms with Crippen molar-refractivity contribution in [2.24, 2.45) is 0 Å². The number of carbonyl (C=O) groups excluding carboxylic acids is 1. The van der Waals surface area contributed by atoms with Crippen LogP contribution in [0.3, 0.4) is 0 Å². The van der Waals surface area contributed by atoms with Crippen molar-refractivity contribution in [2.75, 3.05) is 11.1 Å². The zero-order valence-corrected chi connectivity index (χ0v) is 12.5. The fourth-order valence-corrected chi connectivity index (χ4v) is 1.94. The number of benzene rings is 2. The molecule has 0 saturated heterocycles. The molecule has 0 saturated carbocycles. The number of ether oxygens (including phenoxy) is 1. The van der Waals surface area contributed by atoms with Gasteiger partial charge >= 0.3 is 0 Å². The average molecular weight is 284 g/mol. The second-order valence-electron chi connectivity index (χ2n) is 5.14. The lowest BCUT2D eigenvalue weighted by Gasteiger charge is -2.16. The van der Waals surface area contributed by atoms with Crippen molar-refractivity contribution in [1.82, 2.24) is 0 Å². The molecule has 4 heteroatoms. The van der Waals surface area contributed by atoms with Crippen LogP contribution in [0.1, 0.15) is 18.1 Å². The Hall–Kier alpha value is -2.49. The lowest BCUT2D eigenvalue weighted by atomic mass is 10.1. The molecule has 0 aromatic heterocycles. The summed E-state index contributed by atoms with van der Waals surface area (Å²) in [5, 5.41) is 2.85. The normalized spacial score (nSPS) is 11.8. The molecule has 0 aliphatic heterocycles. The number of aryl methyl sites for hydroxylation is 2. The van der Waals surface area contributed by atoms with Crippen molar-refractivity contribution in [3.05, 3.63) is 53.6 Å². The first-order valence-corrected chi connectivity index (χ1v) is 6.86. The Kier molecular flexibility index (Phi) is 4.48. The van der Waals surface area contributed by atoms with E-state index in [-0.39, 0.29) is 5.91 Å². The van der Waals surface area contributed by atoms with Crippen LogP contribution in [-0.2, 0) is 4.79 Å². The number of anilines is 2. The van der Waals surface area contributed by atoms with E-state index in [4.69, 9.17) is 10.5 Å². The quantitative estimate of drug-likeness (QED) is 0.847. The average Bonchev–Trinajstić information content (AvgIpc) is 2.44. The smallest absolute Gasteiger partial charge is 0.265 e. The second kappa shape index (κ2) is 6.31. The Labute approximate surface area is 124 Å². The molecule has 2 rings (SSSR count). The van der Waals surface area contributed by atoms with Gasteiger partial charge in [-0.3, -0.25) is 4.79 Å². The van der Waals surface area contributed by atoms with Gasteiger partial charge in [0.2, 0.25) is 0 Å². The third-order valence-electron chi connectivity index (χ3n) is 3.21. The molecule has 1 atom stereocenters. The molecule has 0 fully saturated rings. The molecule has 2 aromatic carbocycles. The zero-order chi connectivity index (χ0) is 15.4. The molecule has 21 heavy (non-hydrogen) atoms. The molecule has 0 unspecified atom stereocenters. The highest BCUT2D eigenvalue weighted by Gasteiger charge is 2.15. The molecule has 2 aromatic rings. The number of amides is 1. The van der Waals surface area contributed by atoms with E-state index in [9.17, 15) is 4.79 Å². The summed E-state index contributed by atoms with van der Waals surface area (Å²) in [6, 6.07) is 13.0. The van der Waals surface area contributed by atoms with E-state index >= 15 is 0 Å². The maximum atomic E-state index is 12.2. The number of carbonyl (C=O) groups is 1. The summed E-state index contributed by atoms with van der Waals surface area (Å²) in [6.45, 7) is 5.63. The van der Waals surface area contributed by atoms with Crippen LogP contribution in [0.2, 0.25) is 0 Å². The van der Waals surface area contributed by atoms with Crippen molar-refractivity contribution >= 4 is 17.3 Å². The molecular formula is C17H20N2O2. The Morgan fingerprint density at radius 3 is 2.43 bits per heavy atom. The zero-order valence-electron chi connectivity index (χ0n) is 12.5. The summed E-state index contributed by atoms with van der Waals surface area (Å²) < 4.78 is 5.63. The standard InChI is InChI=1S/C17H20N2O2/c1-11-4-7-15(8-5-11)21-13(3)17(20)19-16-9-6-14(18)10-12(16)2/h4-10,13H,18H2,1-3H3,(H,19,20)/t13-/m0/s1. The van der Waals surface area contributed by atoms with Crippen molar-refractivity contribution in [1.29, 1.82) is 0 Å². The van der Waals surface area contributed by atoms with E-state index in [2.05, 4.69) is 5.32 Å². The number of nitrogens with one attached hydrogen (secondary N) is 1. The van der Waals surface area contributed by atoms with Crippen LogP contribution < -0.4 is 15.8 Å². The third kappa shape index (κ3) is 3.99. The van der Waals surface area contributed by atoms with Gasteiger partial charge in [0, 0.05) is 11.4 Å². The predicted octanol–water partition coefficient (Wildman–Crippen LogP) is 3.29. The lowest BCUT2D eigenvalue weighted by Crippen LogP contribution is -2.30. The van der Waals surface area contributed by atoms with Crippen LogP contribution >= 0.6 is 0 Å². The van der Waals surface area contributed by atoms with Gasteiger partial charge in [0.25, 0.3) is 5.91 Å². The highest BCUT2D eigenvalue weighted by Crippen LogP contribution is 2.19. The SMILES string of the molecule is Cc1ccc(O[C@@H](C)C(=O)Nc2ccc(N)cc2C)cc1. The van der Waals surface area contributed by atoms with Crippen LogP contribution in [0.25, 0.3) is 0 Å². The van der Waals surface area contributed by atoms with Gasteiger partial charge in [-0.05, 0) is 56.7 Å². The van der Waals surface area contributed by atoms with E-state index in [0.717, 1.165) is 16.8 Å². The minimum atomic E-state index is -0.579. The molecule has 0 heterocycles. The summed E-state index contributed by atoms with van der Waals surface area (Å²) in [5.41, 5.74) is 9.19. The first-order valence-electron chi connectivity index (χ1n) is 6.86. The molecule has 0 aliphatic carbocycles. The molecule has 3 N–H and O–H groups in total. The van der Waals surface area contributed by atoms with Crippen molar-refractivity contribution in [2.45, 2.75) is 26.9 Å². The van der Waals surface area contributed by atoms with Gasteiger partial charge in [0.05, 0.1) is 0 Å². The molecule has 0 spiro atoms. The maximum absolute atomic E-state index is 12.2. The molecule has 0 radical (unpaired) electrons. The molecular weight excluding hydrogens is 264 g/mol. The highest BCUT2D eigenvalue weighted by atomic mass is 16.5. The van der Waals surface area contributed by atoms with Gasteiger partial charge in [0.1, 0.15) is 5.75 Å². The molecule has 4 nitrogen and oxygen atoms in total. The fourth-order valence-electron chi connectivity index (χ4n) is 1.94. The number of rotatable bonds is 4. The molecule has 0 aliphatic rings. The van der Waals surface area contributed by atoms with Crippen LogP contribution in [-0.4, -0.2) is 12.0 Å².